The number of sulfonamides is 1. The molecule has 9 heteroatoms. The van der Waals surface area contributed by atoms with Gasteiger partial charge in [-0.1, -0.05) is 6.07 Å². The molecule has 0 bridgehead atoms. The number of rotatable bonds is 9. The fourth-order valence-corrected chi connectivity index (χ4v) is 4.49. The lowest BCUT2D eigenvalue weighted by Crippen LogP contribution is -2.48. The zero-order valence-electron chi connectivity index (χ0n) is 16.0. The number of amides is 1. The predicted molar refractivity (Wildman–Crippen MR) is 100 cm³/mol. The molecule has 0 aromatic heterocycles. The Morgan fingerprint density at radius 3 is 2.59 bits per heavy atom. The summed E-state index contributed by atoms with van der Waals surface area (Å²) in [6.07, 6.45) is -0.346. The molecule has 1 aromatic carbocycles. The average Bonchev–Trinajstić information content (AvgIpc) is 2.63. The van der Waals surface area contributed by atoms with Crippen molar-refractivity contribution in [2.75, 3.05) is 46.6 Å². The van der Waals surface area contributed by atoms with Gasteiger partial charge in [0.15, 0.2) is 0 Å². The molecule has 1 N–H and O–H groups in total. The number of carbonyl (C=O) groups is 1. The van der Waals surface area contributed by atoms with Crippen LogP contribution >= 0.6 is 0 Å². The largest absolute Gasteiger partial charge is 0.382 e. The first kappa shape index (κ1) is 21.8. The summed E-state index contributed by atoms with van der Waals surface area (Å²) in [6.45, 7) is 5.91. The molecular formula is C18H28N2O6S. The second-order valence-corrected chi connectivity index (χ2v) is 8.41. The predicted octanol–water partition coefficient (Wildman–Crippen LogP) is 0.877. The number of hydrogen-bond donors (Lipinski definition) is 1. The van der Waals surface area contributed by atoms with Gasteiger partial charge < -0.3 is 19.5 Å². The fourth-order valence-electron chi connectivity index (χ4n) is 2.86. The number of nitrogens with zero attached hydrogens (tertiary/aromatic N) is 1. The maximum Gasteiger partial charge on any atom is 0.251 e. The zero-order valence-corrected chi connectivity index (χ0v) is 16.8. The smallest absolute Gasteiger partial charge is 0.251 e. The third-order valence-corrected chi connectivity index (χ3v) is 5.91. The van der Waals surface area contributed by atoms with Gasteiger partial charge >= 0.3 is 0 Å². The van der Waals surface area contributed by atoms with Crippen molar-refractivity contribution in [3.05, 3.63) is 29.8 Å². The van der Waals surface area contributed by atoms with E-state index >= 15 is 0 Å². The summed E-state index contributed by atoms with van der Waals surface area (Å²) in [7, 11) is -2.10. The number of methoxy groups -OCH3 is 1. The second-order valence-electron chi connectivity index (χ2n) is 6.47. The van der Waals surface area contributed by atoms with Crippen molar-refractivity contribution in [2.24, 2.45) is 0 Å². The van der Waals surface area contributed by atoms with Crippen LogP contribution in [0, 0.1) is 0 Å². The number of morpholine rings is 1. The molecule has 0 unspecified atom stereocenters. The molecular weight excluding hydrogens is 372 g/mol. The molecule has 1 aliphatic heterocycles. The van der Waals surface area contributed by atoms with E-state index in [9.17, 15) is 13.2 Å². The van der Waals surface area contributed by atoms with Crippen molar-refractivity contribution in [1.29, 1.82) is 0 Å². The number of ether oxygens (including phenoxy) is 3. The van der Waals surface area contributed by atoms with Crippen molar-refractivity contribution in [3.8, 4) is 0 Å². The molecule has 1 amide bonds. The molecule has 1 aliphatic rings. The molecule has 8 nitrogen and oxygen atoms in total. The number of benzene rings is 1. The summed E-state index contributed by atoms with van der Waals surface area (Å²) >= 11 is 0. The minimum Gasteiger partial charge on any atom is -0.382 e. The summed E-state index contributed by atoms with van der Waals surface area (Å²) < 4.78 is 43.0. The van der Waals surface area contributed by atoms with Gasteiger partial charge in [-0.05, 0) is 32.0 Å². The number of carbonyl (C=O) groups excluding carboxylic acids is 1. The number of nitrogens with one attached hydrogen (secondary N) is 1. The second kappa shape index (κ2) is 10.1. The first-order valence-electron chi connectivity index (χ1n) is 8.95. The van der Waals surface area contributed by atoms with Crippen LogP contribution in [-0.2, 0) is 24.2 Å². The van der Waals surface area contributed by atoms with Crippen LogP contribution in [0.4, 0.5) is 0 Å². The first-order valence-corrected chi connectivity index (χ1v) is 10.4. The first-order chi connectivity index (χ1) is 12.8. The topological polar surface area (TPSA) is 94.2 Å². The van der Waals surface area contributed by atoms with E-state index in [1.165, 1.54) is 16.4 Å². The van der Waals surface area contributed by atoms with Gasteiger partial charge in [0.05, 0.1) is 36.9 Å². The van der Waals surface area contributed by atoms with Gasteiger partial charge in [0.1, 0.15) is 0 Å². The summed E-state index contributed by atoms with van der Waals surface area (Å²) in [5, 5.41) is 2.72. The van der Waals surface area contributed by atoms with Gasteiger partial charge in [-0.3, -0.25) is 4.79 Å². The Morgan fingerprint density at radius 1 is 1.22 bits per heavy atom. The van der Waals surface area contributed by atoms with Gasteiger partial charge in [-0.15, -0.1) is 0 Å². The summed E-state index contributed by atoms with van der Waals surface area (Å²) in [4.78, 5) is 12.4. The molecule has 2 rings (SSSR count). The Labute approximate surface area is 160 Å². The zero-order chi connectivity index (χ0) is 19.9. The molecule has 0 saturated carbocycles. The van der Waals surface area contributed by atoms with E-state index in [0.717, 1.165) is 0 Å². The Kier molecular flexibility index (Phi) is 8.18. The van der Waals surface area contributed by atoms with E-state index in [1.807, 2.05) is 13.8 Å². The molecule has 0 aliphatic carbocycles. The molecule has 0 spiro atoms. The quantitative estimate of drug-likeness (QED) is 0.619. The summed E-state index contributed by atoms with van der Waals surface area (Å²) in [5.41, 5.74) is 0.294. The Balaban J connectivity index is 2.00. The maximum absolute atomic E-state index is 12.9. The lowest BCUT2D eigenvalue weighted by Gasteiger charge is -2.34. The van der Waals surface area contributed by atoms with Crippen LogP contribution in [0.3, 0.4) is 0 Å². The average molecular weight is 400 g/mol. The summed E-state index contributed by atoms with van der Waals surface area (Å²) in [5.74, 6) is -0.342. The maximum atomic E-state index is 12.9. The molecule has 1 aromatic rings. The van der Waals surface area contributed by atoms with Crippen LogP contribution in [0.1, 0.15) is 24.2 Å². The van der Waals surface area contributed by atoms with Crippen molar-refractivity contribution < 1.29 is 27.4 Å². The standard InChI is InChI=1S/C18H28N2O6S/c1-14-12-20(13-15(2)26-14)27(22,23)17-6-4-5-16(11-17)18(21)19-7-8-25-10-9-24-3/h4-6,11,14-15H,7-10,12-13H2,1-3H3,(H,19,21)/t14-,15+. The van der Waals surface area contributed by atoms with Gasteiger partial charge in [-0.2, -0.15) is 4.31 Å². The van der Waals surface area contributed by atoms with E-state index in [1.54, 1.807) is 19.2 Å². The summed E-state index contributed by atoms with van der Waals surface area (Å²) in [6, 6.07) is 6.07. The van der Waals surface area contributed by atoms with Crippen LogP contribution in [0.2, 0.25) is 0 Å². The SMILES string of the molecule is COCCOCCNC(=O)c1cccc(S(=O)(=O)N2C[C@@H](C)O[C@@H](C)C2)c1. The van der Waals surface area contributed by atoms with E-state index < -0.39 is 10.0 Å². The molecule has 0 radical (unpaired) electrons. The lowest BCUT2D eigenvalue weighted by molar-refractivity contribution is -0.0440. The molecule has 1 heterocycles. The van der Waals surface area contributed by atoms with E-state index in [2.05, 4.69) is 5.32 Å². The third-order valence-electron chi connectivity index (χ3n) is 4.08. The fraction of sp³-hybridized carbons (Fsp3) is 0.611. The molecule has 2 atom stereocenters. The highest BCUT2D eigenvalue weighted by Crippen LogP contribution is 2.21. The van der Waals surface area contributed by atoms with Crippen molar-refractivity contribution in [2.45, 2.75) is 31.0 Å². The highest BCUT2D eigenvalue weighted by molar-refractivity contribution is 7.89. The van der Waals surface area contributed by atoms with Crippen molar-refractivity contribution in [3.63, 3.8) is 0 Å². The van der Waals surface area contributed by atoms with Crippen LogP contribution in [0.15, 0.2) is 29.2 Å². The van der Waals surface area contributed by atoms with Gasteiger partial charge in [0.25, 0.3) is 5.91 Å². The third kappa shape index (κ3) is 6.25. The van der Waals surface area contributed by atoms with Gasteiger partial charge in [-0.25, -0.2) is 8.42 Å². The molecule has 1 fully saturated rings. The molecule has 1 saturated heterocycles. The van der Waals surface area contributed by atoms with Crippen molar-refractivity contribution >= 4 is 15.9 Å². The van der Waals surface area contributed by atoms with Crippen LogP contribution in [0.5, 0.6) is 0 Å². The lowest BCUT2D eigenvalue weighted by atomic mass is 10.2. The molecule has 27 heavy (non-hydrogen) atoms. The van der Waals surface area contributed by atoms with Crippen LogP contribution < -0.4 is 5.32 Å². The van der Waals surface area contributed by atoms with E-state index in [0.29, 0.717) is 45.0 Å². The Morgan fingerprint density at radius 2 is 1.93 bits per heavy atom. The Hall–Kier alpha value is -1.52. The monoisotopic (exact) mass is 400 g/mol. The van der Waals surface area contributed by atoms with Gasteiger partial charge in [0, 0.05) is 32.3 Å². The van der Waals surface area contributed by atoms with E-state index in [4.69, 9.17) is 14.2 Å². The van der Waals surface area contributed by atoms with Gasteiger partial charge in [0.2, 0.25) is 10.0 Å². The van der Waals surface area contributed by atoms with Crippen LogP contribution in [-0.4, -0.2) is 77.4 Å². The van der Waals surface area contributed by atoms with Crippen molar-refractivity contribution in [1.82, 2.24) is 9.62 Å². The van der Waals surface area contributed by atoms with E-state index in [-0.39, 0.29) is 23.0 Å². The Bertz CT molecular complexity index is 714. The normalized spacial score (nSPS) is 21.1. The van der Waals surface area contributed by atoms with Crippen LogP contribution in [0.25, 0.3) is 0 Å². The minimum atomic E-state index is -3.68. The molecule has 152 valence electrons. The number of hydrogen-bond acceptors (Lipinski definition) is 6. The highest BCUT2D eigenvalue weighted by Gasteiger charge is 2.32. The minimum absolute atomic E-state index is 0.104. The highest BCUT2D eigenvalue weighted by atomic mass is 32.2.